The number of nitrogen functional groups attached to an aromatic ring is 1. The van der Waals surface area contributed by atoms with Crippen molar-refractivity contribution in [1.29, 1.82) is 0 Å². The largest absolute Gasteiger partial charge is 0.384 e. The van der Waals surface area contributed by atoms with E-state index in [-0.39, 0.29) is 0 Å². The van der Waals surface area contributed by atoms with Crippen LogP contribution in [0.5, 0.6) is 0 Å². The van der Waals surface area contributed by atoms with Crippen LogP contribution in [0.3, 0.4) is 0 Å². The number of rotatable bonds is 3. The number of aryl methyl sites for hydroxylation is 2. The van der Waals surface area contributed by atoms with Crippen LogP contribution in [-0.2, 0) is 13.6 Å². The van der Waals surface area contributed by atoms with Gasteiger partial charge in [-0.25, -0.2) is 0 Å². The molecule has 2 heterocycles. The molecule has 0 spiro atoms. The van der Waals surface area contributed by atoms with E-state index in [0.29, 0.717) is 6.04 Å². The molecular weight excluding hydrogens is 214 g/mol. The fraction of sp³-hybridized carbons (Fsp3) is 0.750. The van der Waals surface area contributed by atoms with E-state index in [0.717, 1.165) is 31.1 Å². The molecule has 0 saturated carbocycles. The third kappa shape index (κ3) is 2.45. The first-order chi connectivity index (χ1) is 7.99. The van der Waals surface area contributed by atoms with Gasteiger partial charge in [0, 0.05) is 38.3 Å². The Morgan fingerprint density at radius 2 is 2.18 bits per heavy atom. The van der Waals surface area contributed by atoms with Gasteiger partial charge in [0.25, 0.3) is 0 Å². The number of nitrogens with zero attached hydrogens (tertiary/aromatic N) is 4. The maximum absolute atomic E-state index is 6.04. The zero-order valence-corrected chi connectivity index (χ0v) is 11.3. The van der Waals surface area contributed by atoms with Gasteiger partial charge in [-0.15, -0.1) is 0 Å². The van der Waals surface area contributed by atoms with E-state index in [4.69, 9.17) is 5.73 Å². The van der Waals surface area contributed by atoms with Crippen LogP contribution in [-0.4, -0.2) is 52.8 Å². The van der Waals surface area contributed by atoms with Crippen LogP contribution < -0.4 is 5.73 Å². The van der Waals surface area contributed by atoms with Crippen molar-refractivity contribution in [3.05, 3.63) is 11.3 Å². The van der Waals surface area contributed by atoms with Crippen LogP contribution in [0.1, 0.15) is 17.7 Å². The van der Waals surface area contributed by atoms with Gasteiger partial charge in [-0.1, -0.05) is 0 Å². The van der Waals surface area contributed by atoms with E-state index in [1.165, 1.54) is 12.0 Å². The zero-order chi connectivity index (χ0) is 12.6. The molecular formula is C12H23N5. The number of aromatic nitrogens is 2. The fourth-order valence-corrected chi connectivity index (χ4v) is 2.52. The van der Waals surface area contributed by atoms with Crippen LogP contribution in [0.4, 0.5) is 5.82 Å². The molecule has 17 heavy (non-hydrogen) atoms. The Morgan fingerprint density at radius 3 is 2.65 bits per heavy atom. The molecule has 2 N–H and O–H groups in total. The molecule has 5 nitrogen and oxygen atoms in total. The summed E-state index contributed by atoms with van der Waals surface area (Å²) in [5, 5.41) is 4.36. The van der Waals surface area contributed by atoms with Crippen molar-refractivity contribution >= 4 is 5.82 Å². The normalized spacial score (nSPS) is 21.6. The lowest BCUT2D eigenvalue weighted by atomic mass is 10.2. The third-order valence-corrected chi connectivity index (χ3v) is 3.75. The summed E-state index contributed by atoms with van der Waals surface area (Å²) in [6.45, 7) is 5.23. The maximum atomic E-state index is 6.04. The van der Waals surface area contributed by atoms with Crippen molar-refractivity contribution in [2.45, 2.75) is 25.9 Å². The molecule has 1 aliphatic rings. The van der Waals surface area contributed by atoms with Crippen molar-refractivity contribution in [1.82, 2.24) is 19.6 Å². The Kier molecular flexibility index (Phi) is 3.40. The highest BCUT2D eigenvalue weighted by molar-refractivity contribution is 5.42. The van der Waals surface area contributed by atoms with Crippen LogP contribution in [0, 0.1) is 6.92 Å². The van der Waals surface area contributed by atoms with E-state index in [1.807, 2.05) is 14.0 Å². The van der Waals surface area contributed by atoms with E-state index in [9.17, 15) is 0 Å². The standard InChI is InChI=1S/C12H23N5/c1-9-11(12(13)16(4)14-9)8-17-6-5-10(7-17)15(2)3/h10H,5-8,13H2,1-4H3. The van der Waals surface area contributed by atoms with E-state index < -0.39 is 0 Å². The quantitative estimate of drug-likeness (QED) is 0.829. The highest BCUT2D eigenvalue weighted by atomic mass is 15.3. The molecule has 2 rings (SSSR count). The summed E-state index contributed by atoms with van der Waals surface area (Å²) in [6.07, 6.45) is 1.24. The smallest absolute Gasteiger partial charge is 0.126 e. The van der Waals surface area contributed by atoms with Gasteiger partial charge >= 0.3 is 0 Å². The summed E-state index contributed by atoms with van der Waals surface area (Å²) in [5.41, 5.74) is 8.28. The minimum Gasteiger partial charge on any atom is -0.384 e. The molecule has 1 unspecified atom stereocenters. The molecule has 1 aromatic heterocycles. The van der Waals surface area contributed by atoms with Crippen molar-refractivity contribution < 1.29 is 0 Å². The molecule has 0 aromatic carbocycles. The number of likely N-dealkylation sites (tertiary alicyclic amines) is 1. The Balaban J connectivity index is 2.03. The Labute approximate surface area is 103 Å². The summed E-state index contributed by atoms with van der Waals surface area (Å²) in [6, 6.07) is 0.674. The van der Waals surface area contributed by atoms with E-state index in [1.54, 1.807) is 4.68 Å². The van der Waals surface area contributed by atoms with Gasteiger partial charge in [0.2, 0.25) is 0 Å². The predicted octanol–water partition coefficient (Wildman–Crippen LogP) is 0.447. The number of hydrogen-bond acceptors (Lipinski definition) is 4. The van der Waals surface area contributed by atoms with Crippen molar-refractivity contribution in [2.24, 2.45) is 7.05 Å². The van der Waals surface area contributed by atoms with Crippen molar-refractivity contribution in [2.75, 3.05) is 32.9 Å². The summed E-state index contributed by atoms with van der Waals surface area (Å²) >= 11 is 0. The maximum Gasteiger partial charge on any atom is 0.126 e. The molecule has 0 bridgehead atoms. The lowest BCUT2D eigenvalue weighted by molar-refractivity contribution is 0.264. The molecule has 1 atom stereocenters. The molecule has 1 fully saturated rings. The van der Waals surface area contributed by atoms with Gasteiger partial charge in [0.1, 0.15) is 5.82 Å². The van der Waals surface area contributed by atoms with Gasteiger partial charge in [0.05, 0.1) is 5.69 Å². The minimum atomic E-state index is 0.674. The van der Waals surface area contributed by atoms with Crippen molar-refractivity contribution in [3.63, 3.8) is 0 Å². The Hall–Kier alpha value is -1.07. The molecule has 1 aromatic rings. The second-order valence-corrected chi connectivity index (χ2v) is 5.21. The molecule has 0 radical (unpaired) electrons. The Bertz CT molecular complexity index is 396. The number of hydrogen-bond donors (Lipinski definition) is 1. The van der Waals surface area contributed by atoms with Crippen LogP contribution in [0.25, 0.3) is 0 Å². The van der Waals surface area contributed by atoms with E-state index >= 15 is 0 Å². The summed E-state index contributed by atoms with van der Waals surface area (Å²) in [7, 11) is 6.20. The molecule has 1 saturated heterocycles. The van der Waals surface area contributed by atoms with Gasteiger partial charge in [-0.2, -0.15) is 5.10 Å². The van der Waals surface area contributed by atoms with Crippen LogP contribution in [0.2, 0.25) is 0 Å². The molecule has 0 aliphatic carbocycles. The average Bonchev–Trinajstić information content (AvgIpc) is 2.80. The monoisotopic (exact) mass is 237 g/mol. The van der Waals surface area contributed by atoms with Gasteiger partial charge in [-0.3, -0.25) is 9.58 Å². The van der Waals surface area contributed by atoms with Crippen LogP contribution in [0.15, 0.2) is 0 Å². The highest BCUT2D eigenvalue weighted by Crippen LogP contribution is 2.21. The molecule has 96 valence electrons. The molecule has 5 heteroatoms. The first kappa shape index (κ1) is 12.4. The van der Waals surface area contributed by atoms with Crippen LogP contribution >= 0.6 is 0 Å². The molecule has 0 amide bonds. The van der Waals surface area contributed by atoms with E-state index in [2.05, 4.69) is 29.0 Å². The number of likely N-dealkylation sites (N-methyl/N-ethyl adjacent to an activating group) is 1. The highest BCUT2D eigenvalue weighted by Gasteiger charge is 2.25. The average molecular weight is 237 g/mol. The van der Waals surface area contributed by atoms with Gasteiger partial charge < -0.3 is 10.6 Å². The first-order valence-corrected chi connectivity index (χ1v) is 6.15. The Morgan fingerprint density at radius 1 is 1.47 bits per heavy atom. The molecule has 1 aliphatic heterocycles. The first-order valence-electron chi connectivity index (χ1n) is 6.15. The predicted molar refractivity (Wildman–Crippen MR) is 69.7 cm³/mol. The number of anilines is 1. The van der Waals surface area contributed by atoms with Crippen molar-refractivity contribution in [3.8, 4) is 0 Å². The summed E-state index contributed by atoms with van der Waals surface area (Å²) < 4.78 is 1.77. The minimum absolute atomic E-state index is 0.674. The lowest BCUT2D eigenvalue weighted by Crippen LogP contribution is -2.31. The number of nitrogens with two attached hydrogens (primary N) is 1. The second-order valence-electron chi connectivity index (χ2n) is 5.21. The zero-order valence-electron chi connectivity index (χ0n) is 11.3. The summed E-state index contributed by atoms with van der Waals surface area (Å²) in [5.74, 6) is 0.802. The SMILES string of the molecule is Cc1nn(C)c(N)c1CN1CCC(N(C)C)C1. The topological polar surface area (TPSA) is 50.3 Å². The van der Waals surface area contributed by atoms with Gasteiger partial charge in [0.15, 0.2) is 0 Å². The lowest BCUT2D eigenvalue weighted by Gasteiger charge is -2.20. The fourth-order valence-electron chi connectivity index (χ4n) is 2.52. The second kappa shape index (κ2) is 4.66. The van der Waals surface area contributed by atoms with Gasteiger partial charge in [-0.05, 0) is 27.4 Å². The summed E-state index contributed by atoms with van der Waals surface area (Å²) in [4.78, 5) is 4.77. The third-order valence-electron chi connectivity index (χ3n) is 3.75.